The van der Waals surface area contributed by atoms with Crippen LogP contribution in [0, 0.1) is 0 Å². The van der Waals surface area contributed by atoms with Crippen molar-refractivity contribution in [2.75, 3.05) is 16.5 Å². The second kappa shape index (κ2) is 5.94. The Balaban J connectivity index is 2.24. The SMILES string of the molecule is CS(=O)(=O)N(OCc1ccccc1)c1ccccc1N. The first-order chi connectivity index (χ1) is 9.48. The Bertz CT molecular complexity index is 672. The molecule has 0 amide bonds. The van der Waals surface area contributed by atoms with Crippen molar-refractivity contribution >= 4 is 21.4 Å². The van der Waals surface area contributed by atoms with Crippen molar-refractivity contribution in [2.45, 2.75) is 6.61 Å². The summed E-state index contributed by atoms with van der Waals surface area (Å²) in [6.07, 6.45) is 1.07. The average Bonchev–Trinajstić information content (AvgIpc) is 2.41. The molecule has 0 heterocycles. The Morgan fingerprint density at radius 3 is 2.25 bits per heavy atom. The molecular formula is C14H16N2O3S. The molecule has 2 rings (SSSR count). The molecule has 0 bridgehead atoms. The Labute approximate surface area is 118 Å². The van der Waals surface area contributed by atoms with E-state index in [1.54, 1.807) is 24.3 Å². The molecule has 2 aromatic carbocycles. The largest absolute Gasteiger partial charge is 0.397 e. The minimum atomic E-state index is -3.58. The standard InChI is InChI=1S/C14H16N2O3S/c1-20(17,18)16(14-10-6-5-9-13(14)15)19-11-12-7-3-2-4-8-12/h2-10H,11,15H2,1H3. The number of sulfonamides is 1. The molecule has 0 saturated heterocycles. The van der Waals surface area contributed by atoms with Gasteiger partial charge in [0.15, 0.2) is 0 Å². The highest BCUT2D eigenvalue weighted by atomic mass is 32.2. The molecule has 0 spiro atoms. The molecule has 0 unspecified atom stereocenters. The van der Waals surface area contributed by atoms with Gasteiger partial charge in [-0.25, -0.2) is 8.42 Å². The fourth-order valence-corrected chi connectivity index (χ4v) is 2.47. The van der Waals surface area contributed by atoms with Gasteiger partial charge >= 0.3 is 0 Å². The van der Waals surface area contributed by atoms with Gasteiger partial charge in [0.2, 0.25) is 0 Å². The van der Waals surface area contributed by atoms with Gasteiger partial charge in [0.05, 0.1) is 11.9 Å². The van der Waals surface area contributed by atoms with Crippen LogP contribution < -0.4 is 10.2 Å². The quantitative estimate of drug-likeness (QED) is 0.677. The Morgan fingerprint density at radius 1 is 1.05 bits per heavy atom. The second-order valence-corrected chi connectivity index (χ2v) is 6.11. The first-order valence-corrected chi connectivity index (χ1v) is 7.85. The van der Waals surface area contributed by atoms with Crippen LogP contribution in [0.4, 0.5) is 11.4 Å². The molecule has 0 radical (unpaired) electrons. The van der Waals surface area contributed by atoms with Crippen LogP contribution in [0.2, 0.25) is 0 Å². The average molecular weight is 292 g/mol. The molecule has 5 nitrogen and oxygen atoms in total. The lowest BCUT2D eigenvalue weighted by atomic mass is 10.2. The summed E-state index contributed by atoms with van der Waals surface area (Å²) in [6.45, 7) is 0.141. The molecule has 0 fully saturated rings. The third-order valence-corrected chi connectivity index (χ3v) is 3.53. The van der Waals surface area contributed by atoms with E-state index in [1.807, 2.05) is 30.3 Å². The lowest BCUT2D eigenvalue weighted by Gasteiger charge is -2.22. The number of nitrogen functional groups attached to an aromatic ring is 1. The summed E-state index contributed by atoms with van der Waals surface area (Å²) in [6, 6.07) is 16.0. The Morgan fingerprint density at radius 2 is 1.65 bits per heavy atom. The molecule has 6 heteroatoms. The smallest absolute Gasteiger partial charge is 0.254 e. The highest BCUT2D eigenvalue weighted by Crippen LogP contribution is 2.25. The van der Waals surface area contributed by atoms with E-state index in [0.717, 1.165) is 16.3 Å². The predicted molar refractivity (Wildman–Crippen MR) is 79.4 cm³/mol. The van der Waals surface area contributed by atoms with Gasteiger partial charge in [0.25, 0.3) is 10.0 Å². The summed E-state index contributed by atoms with van der Waals surface area (Å²) >= 11 is 0. The zero-order chi connectivity index (χ0) is 14.6. The molecule has 2 aromatic rings. The van der Waals surface area contributed by atoms with Crippen molar-refractivity contribution in [1.82, 2.24) is 0 Å². The first-order valence-electron chi connectivity index (χ1n) is 6.00. The number of nitrogens with zero attached hydrogens (tertiary/aromatic N) is 1. The highest BCUT2D eigenvalue weighted by Gasteiger charge is 2.20. The monoisotopic (exact) mass is 292 g/mol. The van der Waals surface area contributed by atoms with Gasteiger partial charge in [-0.05, 0) is 17.7 Å². The van der Waals surface area contributed by atoms with E-state index in [2.05, 4.69) is 0 Å². The fraction of sp³-hybridized carbons (Fsp3) is 0.143. The normalized spacial score (nSPS) is 11.2. The molecule has 20 heavy (non-hydrogen) atoms. The van der Waals surface area contributed by atoms with Gasteiger partial charge in [0.1, 0.15) is 12.3 Å². The minimum Gasteiger partial charge on any atom is -0.397 e. The maximum atomic E-state index is 11.9. The van der Waals surface area contributed by atoms with Gasteiger partial charge < -0.3 is 5.73 Å². The summed E-state index contributed by atoms with van der Waals surface area (Å²) in [5, 5.41) is 0. The number of benzene rings is 2. The minimum absolute atomic E-state index is 0.141. The van der Waals surface area contributed by atoms with Crippen LogP contribution in [0.3, 0.4) is 0 Å². The van der Waals surface area contributed by atoms with Crippen molar-refractivity contribution in [2.24, 2.45) is 0 Å². The molecule has 0 aliphatic carbocycles. The number of rotatable bonds is 5. The van der Waals surface area contributed by atoms with Crippen molar-refractivity contribution in [1.29, 1.82) is 0 Å². The molecule has 0 aliphatic heterocycles. The van der Waals surface area contributed by atoms with Gasteiger partial charge in [-0.3, -0.25) is 4.84 Å². The molecule has 0 atom stereocenters. The summed E-state index contributed by atoms with van der Waals surface area (Å²) in [7, 11) is -3.58. The fourth-order valence-electron chi connectivity index (χ4n) is 1.71. The molecule has 0 aromatic heterocycles. The maximum Gasteiger partial charge on any atom is 0.254 e. The lowest BCUT2D eigenvalue weighted by molar-refractivity contribution is 0.136. The van der Waals surface area contributed by atoms with Crippen molar-refractivity contribution in [3.8, 4) is 0 Å². The number of anilines is 2. The van der Waals surface area contributed by atoms with Crippen molar-refractivity contribution in [3.63, 3.8) is 0 Å². The van der Waals surface area contributed by atoms with Gasteiger partial charge in [0, 0.05) is 0 Å². The van der Waals surface area contributed by atoms with Crippen molar-refractivity contribution in [3.05, 3.63) is 60.2 Å². The van der Waals surface area contributed by atoms with Crippen LogP contribution in [0.25, 0.3) is 0 Å². The Hall–Kier alpha value is -2.05. The summed E-state index contributed by atoms with van der Waals surface area (Å²) in [5.74, 6) is 0. The van der Waals surface area contributed by atoms with Gasteiger partial charge in [-0.1, -0.05) is 42.5 Å². The summed E-state index contributed by atoms with van der Waals surface area (Å²) in [5.41, 5.74) is 7.32. The topological polar surface area (TPSA) is 72.6 Å². The zero-order valence-electron chi connectivity index (χ0n) is 11.1. The van der Waals surface area contributed by atoms with Crippen LogP contribution in [0.15, 0.2) is 54.6 Å². The zero-order valence-corrected chi connectivity index (χ0v) is 11.9. The van der Waals surface area contributed by atoms with E-state index in [4.69, 9.17) is 10.6 Å². The van der Waals surface area contributed by atoms with E-state index in [0.29, 0.717) is 11.4 Å². The van der Waals surface area contributed by atoms with Crippen LogP contribution in [-0.4, -0.2) is 14.7 Å². The first kappa shape index (κ1) is 14.4. The maximum absolute atomic E-state index is 11.9. The molecule has 0 saturated carbocycles. The van der Waals surface area contributed by atoms with Crippen LogP contribution >= 0.6 is 0 Å². The third-order valence-electron chi connectivity index (χ3n) is 2.63. The predicted octanol–water partition coefficient (Wildman–Crippen LogP) is 2.17. The lowest BCUT2D eigenvalue weighted by Crippen LogP contribution is -2.30. The van der Waals surface area contributed by atoms with Gasteiger partial charge in [-0.2, -0.15) is 0 Å². The van der Waals surface area contributed by atoms with E-state index in [9.17, 15) is 8.42 Å². The number of hydrogen-bond donors (Lipinski definition) is 1. The van der Waals surface area contributed by atoms with Gasteiger partial charge in [-0.15, -0.1) is 4.47 Å². The van der Waals surface area contributed by atoms with Crippen LogP contribution in [0.1, 0.15) is 5.56 Å². The second-order valence-electron chi connectivity index (χ2n) is 4.31. The van der Waals surface area contributed by atoms with Crippen LogP contribution in [-0.2, 0) is 21.5 Å². The number of hydrogen-bond acceptors (Lipinski definition) is 4. The molecule has 0 aliphatic rings. The number of nitrogens with two attached hydrogens (primary N) is 1. The summed E-state index contributed by atoms with van der Waals surface area (Å²) in [4.78, 5) is 5.42. The third kappa shape index (κ3) is 3.49. The van der Waals surface area contributed by atoms with E-state index >= 15 is 0 Å². The number of para-hydroxylation sites is 2. The highest BCUT2D eigenvalue weighted by molar-refractivity contribution is 7.91. The van der Waals surface area contributed by atoms with E-state index in [1.165, 1.54) is 0 Å². The molecular weight excluding hydrogens is 276 g/mol. The van der Waals surface area contributed by atoms with E-state index < -0.39 is 10.0 Å². The summed E-state index contributed by atoms with van der Waals surface area (Å²) < 4.78 is 24.6. The molecule has 2 N–H and O–H groups in total. The van der Waals surface area contributed by atoms with Crippen LogP contribution in [0.5, 0.6) is 0 Å². The Kier molecular flexibility index (Phi) is 4.26. The van der Waals surface area contributed by atoms with E-state index in [-0.39, 0.29) is 6.61 Å². The van der Waals surface area contributed by atoms with Crippen molar-refractivity contribution < 1.29 is 13.3 Å². The molecule has 106 valence electrons.